The third-order valence-corrected chi connectivity index (χ3v) is 2.72. The van der Waals surface area contributed by atoms with E-state index in [2.05, 4.69) is 4.99 Å². The van der Waals surface area contributed by atoms with Crippen molar-refractivity contribution in [1.29, 1.82) is 0 Å². The van der Waals surface area contributed by atoms with Gasteiger partial charge in [-0.15, -0.1) is 11.6 Å². The smallest absolute Gasteiger partial charge is 0.267 e. The van der Waals surface area contributed by atoms with Crippen LogP contribution < -0.4 is 10.6 Å². The molecular weight excluding hydrogens is 210 g/mol. The zero-order valence-corrected chi connectivity index (χ0v) is 9.13. The van der Waals surface area contributed by atoms with Crippen LogP contribution in [0.4, 0.5) is 0 Å². The van der Waals surface area contributed by atoms with Gasteiger partial charge in [-0.1, -0.05) is 6.07 Å². The Morgan fingerprint density at radius 1 is 1.27 bits per heavy atom. The summed E-state index contributed by atoms with van der Waals surface area (Å²) in [5, 5.41) is 1.74. The number of carbonyl (C=O) groups is 1. The Morgan fingerprint density at radius 3 is 2.93 bits per heavy atom. The lowest BCUT2D eigenvalue weighted by molar-refractivity contribution is -0.112. The van der Waals surface area contributed by atoms with E-state index in [4.69, 9.17) is 11.6 Å². The molecular formula is C12H12ClNO. The van der Waals surface area contributed by atoms with Gasteiger partial charge in [0, 0.05) is 17.2 Å². The zero-order chi connectivity index (χ0) is 10.7. The van der Waals surface area contributed by atoms with Crippen LogP contribution in [-0.2, 0) is 11.2 Å². The van der Waals surface area contributed by atoms with Gasteiger partial charge in [-0.2, -0.15) is 0 Å². The van der Waals surface area contributed by atoms with E-state index in [0.717, 1.165) is 29.8 Å². The molecule has 0 fully saturated rings. The second-order valence-electron chi connectivity index (χ2n) is 3.63. The molecule has 0 spiro atoms. The fourth-order valence-corrected chi connectivity index (χ4v) is 1.87. The molecule has 0 bridgehead atoms. The molecule has 0 saturated heterocycles. The highest BCUT2D eigenvalue weighted by Crippen LogP contribution is 2.02. The standard InChI is InChI=1S/C12H12ClNO/c13-6-2-1-3-9-4-5-11-10(7-9)8-12(15)14-11/h4-5,7-8H,1-3,6H2. The van der Waals surface area contributed by atoms with Crippen molar-refractivity contribution in [2.24, 2.45) is 4.99 Å². The van der Waals surface area contributed by atoms with Gasteiger partial charge in [0.05, 0.1) is 5.36 Å². The average Bonchev–Trinajstić information content (AvgIpc) is 2.57. The van der Waals surface area contributed by atoms with E-state index in [1.165, 1.54) is 5.56 Å². The second-order valence-corrected chi connectivity index (χ2v) is 4.01. The van der Waals surface area contributed by atoms with Crippen molar-refractivity contribution < 1.29 is 4.79 Å². The Morgan fingerprint density at radius 2 is 2.13 bits per heavy atom. The number of alkyl halides is 1. The first kappa shape index (κ1) is 10.4. The summed E-state index contributed by atoms with van der Waals surface area (Å²) in [4.78, 5) is 14.9. The van der Waals surface area contributed by atoms with Crippen LogP contribution in [0.25, 0.3) is 6.08 Å². The van der Waals surface area contributed by atoms with Crippen LogP contribution in [0.2, 0.25) is 0 Å². The van der Waals surface area contributed by atoms with E-state index >= 15 is 0 Å². The maximum absolute atomic E-state index is 11.0. The Kier molecular flexibility index (Phi) is 3.17. The average molecular weight is 222 g/mol. The molecule has 0 atom stereocenters. The van der Waals surface area contributed by atoms with Gasteiger partial charge in [-0.05, 0) is 37.0 Å². The Labute approximate surface area is 93.3 Å². The first-order valence-corrected chi connectivity index (χ1v) is 5.62. The summed E-state index contributed by atoms with van der Waals surface area (Å²) in [7, 11) is 0. The summed E-state index contributed by atoms with van der Waals surface area (Å²) in [6.07, 6.45) is 4.72. The number of hydrogen-bond acceptors (Lipinski definition) is 1. The fraction of sp³-hybridized carbons (Fsp3) is 0.333. The number of rotatable bonds is 4. The Balaban J connectivity index is 2.18. The van der Waals surface area contributed by atoms with Crippen LogP contribution in [0.5, 0.6) is 0 Å². The van der Waals surface area contributed by atoms with Crippen LogP contribution >= 0.6 is 11.6 Å². The van der Waals surface area contributed by atoms with Crippen LogP contribution in [0.15, 0.2) is 23.2 Å². The molecule has 1 aromatic carbocycles. The van der Waals surface area contributed by atoms with E-state index in [9.17, 15) is 4.79 Å². The molecule has 1 aliphatic rings. The van der Waals surface area contributed by atoms with Crippen LogP contribution in [0.3, 0.4) is 0 Å². The molecule has 0 aromatic heterocycles. The number of hydrogen-bond donors (Lipinski definition) is 0. The lowest BCUT2D eigenvalue weighted by Crippen LogP contribution is -2.21. The predicted molar refractivity (Wildman–Crippen MR) is 60.4 cm³/mol. The van der Waals surface area contributed by atoms with Gasteiger partial charge in [0.2, 0.25) is 0 Å². The van der Waals surface area contributed by atoms with Gasteiger partial charge in [0.25, 0.3) is 5.91 Å². The zero-order valence-electron chi connectivity index (χ0n) is 8.37. The van der Waals surface area contributed by atoms with Gasteiger partial charge < -0.3 is 0 Å². The van der Waals surface area contributed by atoms with E-state index in [1.807, 2.05) is 18.2 Å². The molecule has 2 rings (SSSR count). The van der Waals surface area contributed by atoms with Gasteiger partial charge in [-0.3, -0.25) is 4.79 Å². The van der Waals surface area contributed by atoms with Gasteiger partial charge in [-0.25, -0.2) is 4.99 Å². The molecule has 0 N–H and O–H groups in total. The number of amides is 1. The number of benzene rings is 1. The van der Waals surface area contributed by atoms with Crippen molar-refractivity contribution >= 4 is 23.6 Å². The molecule has 0 radical (unpaired) electrons. The summed E-state index contributed by atoms with van der Waals surface area (Å²) in [6, 6.07) is 5.98. The molecule has 1 aliphatic heterocycles. The summed E-state index contributed by atoms with van der Waals surface area (Å²) in [6.45, 7) is 0. The van der Waals surface area contributed by atoms with E-state index in [-0.39, 0.29) is 5.91 Å². The quantitative estimate of drug-likeness (QED) is 0.555. The Bertz CT molecular complexity index is 493. The Hall–Kier alpha value is -1.15. The van der Waals surface area contributed by atoms with Gasteiger partial charge in [0.1, 0.15) is 0 Å². The van der Waals surface area contributed by atoms with Crippen LogP contribution in [0.1, 0.15) is 18.4 Å². The largest absolute Gasteiger partial charge is 0.270 e. The first-order chi connectivity index (χ1) is 7.29. The third kappa shape index (κ3) is 2.45. The number of unbranched alkanes of at least 4 members (excludes halogenated alkanes) is 1. The minimum atomic E-state index is -0.150. The normalized spacial score (nSPS) is 13.3. The number of nitrogens with zero attached hydrogens (tertiary/aromatic N) is 1. The van der Waals surface area contributed by atoms with Gasteiger partial charge in [0.15, 0.2) is 0 Å². The molecule has 78 valence electrons. The van der Waals surface area contributed by atoms with Crippen molar-refractivity contribution in [3.05, 3.63) is 34.3 Å². The SMILES string of the molecule is O=C1C=c2cc(CCCCCl)ccc2=N1. The fourth-order valence-electron chi connectivity index (χ4n) is 1.68. The van der Waals surface area contributed by atoms with E-state index in [1.54, 1.807) is 6.08 Å². The van der Waals surface area contributed by atoms with Crippen LogP contribution in [-0.4, -0.2) is 11.8 Å². The minimum Gasteiger partial charge on any atom is -0.267 e. The number of carbonyl (C=O) groups excluding carboxylic acids is 1. The summed E-state index contributed by atoms with van der Waals surface area (Å²) in [5.41, 5.74) is 1.25. The molecule has 2 nitrogen and oxygen atoms in total. The monoisotopic (exact) mass is 221 g/mol. The molecule has 1 heterocycles. The van der Waals surface area contributed by atoms with Crippen molar-refractivity contribution in [3.63, 3.8) is 0 Å². The highest BCUT2D eigenvalue weighted by atomic mass is 35.5. The summed E-state index contributed by atoms with van der Waals surface area (Å²) in [5.74, 6) is 0.563. The van der Waals surface area contributed by atoms with Crippen molar-refractivity contribution in [1.82, 2.24) is 0 Å². The lowest BCUT2D eigenvalue weighted by atomic mass is 10.1. The topological polar surface area (TPSA) is 29.4 Å². The van der Waals surface area contributed by atoms with Crippen molar-refractivity contribution in [2.75, 3.05) is 5.88 Å². The molecule has 3 heteroatoms. The van der Waals surface area contributed by atoms with E-state index < -0.39 is 0 Å². The molecule has 0 saturated carbocycles. The molecule has 0 aliphatic carbocycles. The number of halogens is 1. The van der Waals surface area contributed by atoms with E-state index in [0.29, 0.717) is 5.88 Å². The first-order valence-electron chi connectivity index (χ1n) is 5.09. The van der Waals surface area contributed by atoms with Crippen molar-refractivity contribution in [2.45, 2.75) is 19.3 Å². The van der Waals surface area contributed by atoms with Gasteiger partial charge >= 0.3 is 0 Å². The molecule has 1 amide bonds. The number of fused-ring (bicyclic) bond motifs is 1. The maximum atomic E-state index is 11.0. The summed E-state index contributed by atoms with van der Waals surface area (Å²) >= 11 is 5.61. The lowest BCUT2D eigenvalue weighted by Gasteiger charge is -1.98. The third-order valence-electron chi connectivity index (χ3n) is 2.45. The second kappa shape index (κ2) is 4.58. The summed E-state index contributed by atoms with van der Waals surface area (Å²) < 4.78 is 0. The maximum Gasteiger partial charge on any atom is 0.270 e. The minimum absolute atomic E-state index is 0.150. The molecule has 1 aromatic rings. The highest BCUT2D eigenvalue weighted by molar-refractivity contribution is 6.17. The number of aryl methyl sites for hydroxylation is 1. The highest BCUT2D eigenvalue weighted by Gasteiger charge is 2.03. The van der Waals surface area contributed by atoms with Crippen LogP contribution in [0, 0.1) is 0 Å². The molecule has 15 heavy (non-hydrogen) atoms. The van der Waals surface area contributed by atoms with Crippen molar-refractivity contribution in [3.8, 4) is 0 Å². The molecule has 0 unspecified atom stereocenters. The predicted octanol–water partition coefficient (Wildman–Crippen LogP) is 1.19.